The molecule has 4 nitrogen and oxygen atoms in total. The van der Waals surface area contributed by atoms with E-state index in [1.165, 1.54) is 12.1 Å². The largest absolute Gasteiger partial charge is 0.352 e. The van der Waals surface area contributed by atoms with E-state index in [0.29, 0.717) is 29.7 Å². The Morgan fingerprint density at radius 3 is 2.67 bits per heavy atom. The molecular formula is C22H18FN3O. The summed E-state index contributed by atoms with van der Waals surface area (Å²) in [4.78, 5) is 21.5. The van der Waals surface area contributed by atoms with Gasteiger partial charge in [-0.25, -0.2) is 4.39 Å². The van der Waals surface area contributed by atoms with Gasteiger partial charge in [-0.2, -0.15) is 0 Å². The highest BCUT2D eigenvalue weighted by Crippen LogP contribution is 2.18. The van der Waals surface area contributed by atoms with E-state index in [1.807, 2.05) is 36.4 Å². The molecule has 0 fully saturated rings. The molecule has 2 aromatic carbocycles. The fourth-order valence-corrected chi connectivity index (χ4v) is 3.11. The summed E-state index contributed by atoms with van der Waals surface area (Å²) < 4.78 is 13.3. The summed E-state index contributed by atoms with van der Waals surface area (Å²) in [7, 11) is 0. The number of aryl methyl sites for hydroxylation is 1. The fraction of sp³-hybridized carbons (Fsp3) is 0.136. The summed E-state index contributed by atoms with van der Waals surface area (Å²) in [6, 6.07) is 18.1. The molecule has 27 heavy (non-hydrogen) atoms. The highest BCUT2D eigenvalue weighted by molar-refractivity contribution is 5.98. The number of hydrogen-bond donors (Lipinski definition) is 1. The Morgan fingerprint density at radius 1 is 0.963 bits per heavy atom. The van der Waals surface area contributed by atoms with Gasteiger partial charge in [-0.3, -0.25) is 14.8 Å². The third-order valence-corrected chi connectivity index (χ3v) is 4.54. The Kier molecular flexibility index (Phi) is 4.50. The van der Waals surface area contributed by atoms with Crippen molar-refractivity contribution in [3.05, 3.63) is 83.4 Å². The van der Waals surface area contributed by atoms with Gasteiger partial charge in [0.25, 0.3) is 5.91 Å². The zero-order chi connectivity index (χ0) is 18.8. The lowest BCUT2D eigenvalue weighted by Gasteiger charge is -2.09. The molecule has 0 atom stereocenters. The van der Waals surface area contributed by atoms with E-state index < -0.39 is 0 Å². The molecule has 0 saturated heterocycles. The van der Waals surface area contributed by atoms with Crippen LogP contribution in [-0.2, 0) is 6.42 Å². The Morgan fingerprint density at radius 2 is 1.78 bits per heavy atom. The first-order chi connectivity index (χ1) is 13.1. The number of rotatable bonds is 4. The zero-order valence-electron chi connectivity index (χ0n) is 14.9. The van der Waals surface area contributed by atoms with E-state index in [4.69, 9.17) is 0 Å². The van der Waals surface area contributed by atoms with Gasteiger partial charge in [0, 0.05) is 35.5 Å². The first-order valence-electron chi connectivity index (χ1n) is 8.80. The number of aromatic nitrogens is 2. The van der Waals surface area contributed by atoms with Crippen LogP contribution in [0.4, 0.5) is 4.39 Å². The number of benzene rings is 2. The van der Waals surface area contributed by atoms with Crippen LogP contribution in [0.5, 0.6) is 0 Å². The maximum atomic E-state index is 13.3. The maximum Gasteiger partial charge on any atom is 0.253 e. The van der Waals surface area contributed by atoms with Crippen molar-refractivity contribution in [1.82, 2.24) is 15.3 Å². The molecule has 0 aliphatic rings. The molecule has 2 aromatic heterocycles. The lowest BCUT2D eigenvalue weighted by molar-refractivity contribution is 0.0953. The lowest BCUT2D eigenvalue weighted by Crippen LogP contribution is -2.26. The summed E-state index contributed by atoms with van der Waals surface area (Å²) in [5.74, 6) is -0.526. The molecule has 0 radical (unpaired) electrons. The summed E-state index contributed by atoms with van der Waals surface area (Å²) in [5, 5.41) is 4.76. The van der Waals surface area contributed by atoms with E-state index in [2.05, 4.69) is 15.3 Å². The number of nitrogens with one attached hydrogen (secondary N) is 1. The molecule has 2 heterocycles. The molecule has 134 valence electrons. The average molecular weight is 359 g/mol. The quantitative estimate of drug-likeness (QED) is 0.594. The SMILES string of the molecule is Cc1nc2cc(F)ccc2cc1C(=O)NCCc1ccc2ccccc2n1. The van der Waals surface area contributed by atoms with Crippen LogP contribution in [0.2, 0.25) is 0 Å². The van der Waals surface area contributed by atoms with Crippen LogP contribution in [-0.4, -0.2) is 22.4 Å². The summed E-state index contributed by atoms with van der Waals surface area (Å²) in [6.45, 7) is 2.23. The van der Waals surface area contributed by atoms with Crippen LogP contribution in [0.15, 0.2) is 60.7 Å². The van der Waals surface area contributed by atoms with Crippen molar-refractivity contribution >= 4 is 27.7 Å². The summed E-state index contributed by atoms with van der Waals surface area (Å²) in [5.41, 5.74) is 3.50. The van der Waals surface area contributed by atoms with Crippen molar-refractivity contribution in [3.63, 3.8) is 0 Å². The Balaban J connectivity index is 1.46. The number of para-hydroxylation sites is 1. The van der Waals surface area contributed by atoms with Gasteiger partial charge >= 0.3 is 0 Å². The number of amides is 1. The third kappa shape index (κ3) is 3.62. The molecule has 4 aromatic rings. The minimum atomic E-state index is -0.338. The van der Waals surface area contributed by atoms with Crippen molar-refractivity contribution in [3.8, 4) is 0 Å². The second-order valence-corrected chi connectivity index (χ2v) is 6.46. The number of pyridine rings is 2. The number of hydrogen-bond acceptors (Lipinski definition) is 3. The third-order valence-electron chi connectivity index (χ3n) is 4.54. The summed E-state index contributed by atoms with van der Waals surface area (Å²) in [6.07, 6.45) is 0.641. The van der Waals surface area contributed by atoms with Crippen molar-refractivity contribution in [1.29, 1.82) is 0 Å². The molecule has 0 saturated carbocycles. The maximum absolute atomic E-state index is 13.3. The van der Waals surface area contributed by atoms with E-state index in [9.17, 15) is 9.18 Å². The normalized spacial score (nSPS) is 11.0. The van der Waals surface area contributed by atoms with E-state index >= 15 is 0 Å². The van der Waals surface area contributed by atoms with Crippen LogP contribution >= 0.6 is 0 Å². The molecule has 0 spiro atoms. The van der Waals surface area contributed by atoms with Gasteiger partial charge < -0.3 is 5.32 Å². The predicted molar refractivity (Wildman–Crippen MR) is 104 cm³/mol. The number of nitrogens with zero attached hydrogens (tertiary/aromatic N) is 2. The smallest absolute Gasteiger partial charge is 0.253 e. The van der Waals surface area contributed by atoms with Gasteiger partial charge in [0.15, 0.2) is 0 Å². The Hall–Kier alpha value is -3.34. The average Bonchev–Trinajstić information content (AvgIpc) is 2.67. The zero-order valence-corrected chi connectivity index (χ0v) is 14.9. The molecule has 1 amide bonds. The highest BCUT2D eigenvalue weighted by Gasteiger charge is 2.12. The van der Waals surface area contributed by atoms with E-state index in [0.717, 1.165) is 22.0 Å². The van der Waals surface area contributed by atoms with Crippen molar-refractivity contribution < 1.29 is 9.18 Å². The molecule has 4 rings (SSSR count). The molecule has 5 heteroatoms. The predicted octanol–water partition coefficient (Wildman–Crippen LogP) is 4.20. The van der Waals surface area contributed by atoms with Crippen molar-refractivity contribution in [2.45, 2.75) is 13.3 Å². The van der Waals surface area contributed by atoms with E-state index in [1.54, 1.807) is 19.1 Å². The number of carbonyl (C=O) groups is 1. The van der Waals surface area contributed by atoms with Gasteiger partial charge in [-0.15, -0.1) is 0 Å². The van der Waals surface area contributed by atoms with Crippen LogP contribution in [0.3, 0.4) is 0 Å². The van der Waals surface area contributed by atoms with Gasteiger partial charge in [0.05, 0.1) is 22.3 Å². The van der Waals surface area contributed by atoms with Crippen LogP contribution < -0.4 is 5.32 Å². The van der Waals surface area contributed by atoms with Crippen molar-refractivity contribution in [2.24, 2.45) is 0 Å². The fourth-order valence-electron chi connectivity index (χ4n) is 3.11. The Labute approximate surface area is 156 Å². The van der Waals surface area contributed by atoms with Gasteiger partial charge in [0.1, 0.15) is 5.82 Å². The number of fused-ring (bicyclic) bond motifs is 2. The van der Waals surface area contributed by atoms with E-state index in [-0.39, 0.29) is 11.7 Å². The number of carbonyl (C=O) groups excluding carboxylic acids is 1. The lowest BCUT2D eigenvalue weighted by atomic mass is 10.1. The molecule has 0 unspecified atom stereocenters. The van der Waals surface area contributed by atoms with Crippen LogP contribution in [0, 0.1) is 12.7 Å². The topological polar surface area (TPSA) is 54.9 Å². The van der Waals surface area contributed by atoms with Crippen molar-refractivity contribution in [2.75, 3.05) is 6.54 Å². The summed E-state index contributed by atoms with van der Waals surface area (Å²) >= 11 is 0. The second-order valence-electron chi connectivity index (χ2n) is 6.46. The first kappa shape index (κ1) is 17.1. The minimum Gasteiger partial charge on any atom is -0.352 e. The molecular weight excluding hydrogens is 341 g/mol. The molecule has 0 aliphatic carbocycles. The standard InChI is InChI=1S/C22H18FN3O/c1-14-19(12-16-6-8-17(23)13-21(16)25-14)22(27)24-11-10-18-9-7-15-4-2-3-5-20(15)26-18/h2-9,12-13H,10-11H2,1H3,(H,24,27). The molecule has 1 N–H and O–H groups in total. The van der Waals surface area contributed by atoms with Gasteiger partial charge in [0.2, 0.25) is 0 Å². The number of halogens is 1. The minimum absolute atomic E-state index is 0.188. The molecule has 0 bridgehead atoms. The first-order valence-corrected chi connectivity index (χ1v) is 8.80. The van der Waals surface area contributed by atoms with Gasteiger partial charge in [-0.1, -0.05) is 24.3 Å². The van der Waals surface area contributed by atoms with Crippen LogP contribution in [0.25, 0.3) is 21.8 Å². The highest BCUT2D eigenvalue weighted by atomic mass is 19.1. The molecule has 0 aliphatic heterocycles. The van der Waals surface area contributed by atoms with Gasteiger partial charge in [-0.05, 0) is 37.3 Å². The van der Waals surface area contributed by atoms with Crippen LogP contribution in [0.1, 0.15) is 21.7 Å². The monoisotopic (exact) mass is 359 g/mol. The second kappa shape index (κ2) is 7.11. The Bertz CT molecular complexity index is 1160.